The van der Waals surface area contributed by atoms with Crippen LogP contribution in [0.25, 0.3) is 91.1 Å². The number of hydrogen-bond donors (Lipinski definition) is 0. The molecule has 0 aliphatic heterocycles. The Kier molecular flexibility index (Phi) is 7.13. The predicted octanol–water partition coefficient (Wildman–Crippen LogP) is 15.7. The summed E-state index contributed by atoms with van der Waals surface area (Å²) in [5, 5.41) is 12.6. The standard InChI is InChI=1S/C54H34N2S/c1-4-17-41-36(13-1)15-11-24-48(41)56-49-23-9-7-20-44(49)47-33-37(29-32-50(47)56)35-27-30-39(31-28-35)55(51-25-12-22-46-45-21-8-10-26-53(45)57-54(46)51)52-34-38-14-2-3-16-40(38)42-18-5-6-19-43(42)52/h1-34H. The minimum atomic E-state index is 1.12. The minimum Gasteiger partial charge on any atom is -0.309 e. The van der Waals surface area contributed by atoms with E-state index in [9.17, 15) is 0 Å². The molecule has 0 saturated heterocycles. The quantitative estimate of drug-likeness (QED) is 0.159. The minimum absolute atomic E-state index is 1.12. The van der Waals surface area contributed by atoms with E-state index in [2.05, 4.69) is 216 Å². The average molecular weight is 743 g/mol. The number of thiophene rings is 1. The third-order valence-electron chi connectivity index (χ3n) is 11.8. The molecule has 2 aromatic heterocycles. The molecule has 0 saturated carbocycles. The highest BCUT2D eigenvalue weighted by Crippen LogP contribution is 2.48. The summed E-state index contributed by atoms with van der Waals surface area (Å²) in [4.78, 5) is 2.48. The van der Waals surface area contributed by atoms with E-state index in [1.165, 1.54) is 102 Å². The van der Waals surface area contributed by atoms with Gasteiger partial charge < -0.3 is 9.47 Å². The second-order valence-corrected chi connectivity index (χ2v) is 15.9. The Morgan fingerprint density at radius 3 is 1.82 bits per heavy atom. The van der Waals surface area contributed by atoms with Gasteiger partial charge in [0.25, 0.3) is 0 Å². The van der Waals surface area contributed by atoms with Crippen LogP contribution in [0, 0.1) is 0 Å². The first-order valence-corrected chi connectivity index (χ1v) is 20.3. The zero-order valence-electron chi connectivity index (χ0n) is 30.9. The lowest BCUT2D eigenvalue weighted by Crippen LogP contribution is -2.10. The number of nitrogens with zero attached hydrogens (tertiary/aromatic N) is 2. The third kappa shape index (κ3) is 4.96. The molecule has 3 heteroatoms. The van der Waals surface area contributed by atoms with Gasteiger partial charge in [0.15, 0.2) is 0 Å². The number of aromatic nitrogens is 1. The van der Waals surface area contributed by atoms with E-state index in [1.807, 2.05) is 11.3 Å². The molecule has 0 atom stereocenters. The summed E-state index contributed by atoms with van der Waals surface area (Å²) in [6.07, 6.45) is 0. The molecule has 0 bridgehead atoms. The van der Waals surface area contributed by atoms with Crippen molar-refractivity contribution in [2.75, 3.05) is 4.90 Å². The Bertz CT molecular complexity index is 3530. The van der Waals surface area contributed by atoms with Gasteiger partial charge in [-0.3, -0.25) is 0 Å². The fraction of sp³-hybridized carbons (Fsp3) is 0. The summed E-state index contributed by atoms with van der Waals surface area (Å²) in [5.74, 6) is 0. The Labute approximate surface area is 333 Å². The van der Waals surface area contributed by atoms with Crippen molar-refractivity contribution >= 4 is 103 Å². The first-order valence-electron chi connectivity index (χ1n) is 19.5. The predicted molar refractivity (Wildman–Crippen MR) is 246 cm³/mol. The number of benzene rings is 10. The summed E-state index contributed by atoms with van der Waals surface area (Å²) in [6, 6.07) is 75.7. The van der Waals surface area contributed by atoms with Crippen LogP contribution in [-0.2, 0) is 0 Å². The van der Waals surface area contributed by atoms with Crippen LogP contribution in [-0.4, -0.2) is 4.57 Å². The molecule has 57 heavy (non-hydrogen) atoms. The van der Waals surface area contributed by atoms with E-state index in [1.54, 1.807) is 0 Å². The molecule has 2 nitrogen and oxygen atoms in total. The van der Waals surface area contributed by atoms with Gasteiger partial charge in [-0.1, -0.05) is 152 Å². The van der Waals surface area contributed by atoms with Crippen molar-refractivity contribution < 1.29 is 0 Å². The van der Waals surface area contributed by atoms with Gasteiger partial charge in [-0.15, -0.1) is 11.3 Å². The highest BCUT2D eigenvalue weighted by Gasteiger charge is 2.21. The largest absolute Gasteiger partial charge is 0.309 e. The Hall–Kier alpha value is -7.20. The highest BCUT2D eigenvalue weighted by atomic mass is 32.1. The van der Waals surface area contributed by atoms with E-state index in [-0.39, 0.29) is 0 Å². The molecule has 0 N–H and O–H groups in total. The molecule has 0 unspecified atom stereocenters. The molecule has 0 radical (unpaired) electrons. The summed E-state index contributed by atoms with van der Waals surface area (Å²) in [7, 11) is 0. The monoisotopic (exact) mass is 742 g/mol. The van der Waals surface area contributed by atoms with Crippen molar-refractivity contribution in [3.8, 4) is 16.8 Å². The van der Waals surface area contributed by atoms with Crippen molar-refractivity contribution in [1.82, 2.24) is 4.57 Å². The maximum atomic E-state index is 2.48. The first kappa shape index (κ1) is 32.1. The lowest BCUT2D eigenvalue weighted by atomic mass is 9.98. The van der Waals surface area contributed by atoms with Crippen molar-refractivity contribution in [3.63, 3.8) is 0 Å². The van der Waals surface area contributed by atoms with Crippen LogP contribution in [0.4, 0.5) is 17.1 Å². The molecule has 0 fully saturated rings. The van der Waals surface area contributed by atoms with Gasteiger partial charge in [0.05, 0.1) is 32.8 Å². The SMILES string of the molecule is c1ccc2c(-n3c4ccccc4c4cc(-c5ccc(N(c6cc7ccccc7c7ccccc67)c6cccc7c6sc6ccccc67)cc5)ccc43)cccc2c1. The smallest absolute Gasteiger partial charge is 0.0640 e. The molecule has 266 valence electrons. The van der Waals surface area contributed by atoms with E-state index in [0.717, 1.165) is 5.69 Å². The Morgan fingerprint density at radius 1 is 0.351 bits per heavy atom. The van der Waals surface area contributed by atoms with Crippen LogP contribution >= 0.6 is 11.3 Å². The fourth-order valence-electron chi connectivity index (χ4n) is 9.15. The van der Waals surface area contributed by atoms with Crippen molar-refractivity contribution in [1.29, 1.82) is 0 Å². The molecule has 0 aliphatic rings. The third-order valence-corrected chi connectivity index (χ3v) is 13.0. The van der Waals surface area contributed by atoms with E-state index in [4.69, 9.17) is 0 Å². The maximum absolute atomic E-state index is 2.48. The summed E-state index contributed by atoms with van der Waals surface area (Å²) in [6.45, 7) is 0. The van der Waals surface area contributed by atoms with Crippen molar-refractivity contribution in [2.45, 2.75) is 0 Å². The molecule has 10 aromatic carbocycles. The normalized spacial score (nSPS) is 11.9. The van der Waals surface area contributed by atoms with Gasteiger partial charge >= 0.3 is 0 Å². The molecule has 12 aromatic rings. The van der Waals surface area contributed by atoms with Gasteiger partial charge in [-0.2, -0.15) is 0 Å². The van der Waals surface area contributed by atoms with Gasteiger partial charge in [-0.25, -0.2) is 0 Å². The zero-order chi connectivity index (χ0) is 37.5. The molecule has 0 amide bonds. The summed E-state index contributed by atoms with van der Waals surface area (Å²) < 4.78 is 5.02. The van der Waals surface area contributed by atoms with Gasteiger partial charge in [0.1, 0.15) is 0 Å². The molecule has 2 heterocycles. The van der Waals surface area contributed by atoms with Gasteiger partial charge in [0.2, 0.25) is 0 Å². The number of anilines is 3. The first-order chi connectivity index (χ1) is 28.3. The molecular formula is C54H34N2S. The number of para-hydroxylation sites is 1. The van der Waals surface area contributed by atoms with Crippen LogP contribution in [0.3, 0.4) is 0 Å². The summed E-state index contributed by atoms with van der Waals surface area (Å²) in [5.41, 5.74) is 9.48. The van der Waals surface area contributed by atoms with Gasteiger partial charge in [-0.05, 0) is 87.3 Å². The average Bonchev–Trinajstić information content (AvgIpc) is 3.83. The van der Waals surface area contributed by atoms with Crippen LogP contribution in [0.1, 0.15) is 0 Å². The molecule has 0 aliphatic carbocycles. The summed E-state index contributed by atoms with van der Waals surface area (Å²) >= 11 is 1.87. The number of fused-ring (bicyclic) bond motifs is 10. The fourth-order valence-corrected chi connectivity index (χ4v) is 10.4. The van der Waals surface area contributed by atoms with Crippen LogP contribution < -0.4 is 4.90 Å². The van der Waals surface area contributed by atoms with Crippen LogP contribution in [0.2, 0.25) is 0 Å². The molecular weight excluding hydrogens is 709 g/mol. The van der Waals surface area contributed by atoms with E-state index < -0.39 is 0 Å². The second kappa shape index (κ2) is 12.7. The topological polar surface area (TPSA) is 8.17 Å². The highest BCUT2D eigenvalue weighted by molar-refractivity contribution is 7.26. The van der Waals surface area contributed by atoms with Crippen LogP contribution in [0.15, 0.2) is 206 Å². The lowest BCUT2D eigenvalue weighted by Gasteiger charge is -2.28. The number of rotatable bonds is 5. The Morgan fingerprint density at radius 2 is 0.965 bits per heavy atom. The second-order valence-electron chi connectivity index (χ2n) is 14.9. The van der Waals surface area contributed by atoms with E-state index in [0.29, 0.717) is 0 Å². The lowest BCUT2D eigenvalue weighted by molar-refractivity contribution is 1.20. The van der Waals surface area contributed by atoms with Gasteiger partial charge in [0, 0.05) is 42.7 Å². The molecule has 0 spiro atoms. The maximum Gasteiger partial charge on any atom is 0.0640 e. The molecule has 12 rings (SSSR count). The number of hydrogen-bond acceptors (Lipinski definition) is 2. The van der Waals surface area contributed by atoms with E-state index >= 15 is 0 Å². The van der Waals surface area contributed by atoms with Crippen molar-refractivity contribution in [3.05, 3.63) is 206 Å². The Balaban J connectivity index is 1.04. The van der Waals surface area contributed by atoms with Crippen molar-refractivity contribution in [2.24, 2.45) is 0 Å². The zero-order valence-corrected chi connectivity index (χ0v) is 31.7. The van der Waals surface area contributed by atoms with Crippen LogP contribution in [0.5, 0.6) is 0 Å².